The van der Waals surface area contributed by atoms with Crippen molar-refractivity contribution < 1.29 is 14.6 Å². The summed E-state index contributed by atoms with van der Waals surface area (Å²) < 4.78 is 6.83. The fourth-order valence-electron chi connectivity index (χ4n) is 1.36. The van der Waals surface area contributed by atoms with Gasteiger partial charge in [-0.1, -0.05) is 0 Å². The molecule has 19 heavy (non-hydrogen) atoms. The summed E-state index contributed by atoms with van der Waals surface area (Å²) in [6, 6.07) is 1.92. The van der Waals surface area contributed by atoms with E-state index in [2.05, 4.69) is 5.32 Å². The third-order valence-electron chi connectivity index (χ3n) is 3.33. The Kier molecular flexibility index (Phi) is 4.82. The average molecular weight is 283 g/mol. The van der Waals surface area contributed by atoms with Crippen LogP contribution in [0.4, 0.5) is 5.69 Å². The van der Waals surface area contributed by atoms with E-state index in [0.29, 0.717) is 7.48 Å². The highest BCUT2D eigenvalue weighted by atomic mass is 32.1. The lowest BCUT2D eigenvalue weighted by molar-refractivity contribution is -0.114. The van der Waals surface area contributed by atoms with Gasteiger partial charge in [0.15, 0.2) is 0 Å². The Morgan fingerprint density at radius 2 is 2.00 bits per heavy atom. The van der Waals surface area contributed by atoms with Crippen LogP contribution in [0.2, 0.25) is 0 Å². The van der Waals surface area contributed by atoms with E-state index in [1.54, 1.807) is 25.2 Å². The van der Waals surface area contributed by atoms with Crippen molar-refractivity contribution in [3.63, 3.8) is 0 Å². The maximum atomic E-state index is 11.1. The number of thiophene rings is 1. The van der Waals surface area contributed by atoms with Gasteiger partial charge in [-0.25, -0.2) is 0 Å². The lowest BCUT2D eigenvalue weighted by Crippen LogP contribution is -2.49. The van der Waals surface area contributed by atoms with E-state index < -0.39 is 11.2 Å². The minimum atomic E-state index is -0.917. The van der Waals surface area contributed by atoms with Gasteiger partial charge in [0.25, 0.3) is 0 Å². The molecule has 0 aliphatic rings. The fourth-order valence-corrected chi connectivity index (χ4v) is 2.26. The molecular weight excluding hydrogens is 261 g/mol. The van der Waals surface area contributed by atoms with Crippen LogP contribution in [-0.4, -0.2) is 29.7 Å². The Hall–Kier alpha value is -0.845. The van der Waals surface area contributed by atoms with Gasteiger partial charge in [-0.15, -0.1) is 0 Å². The standard InChI is InChI=1S/C13H22BNO3S/c1-8-10(15-9(2)16)7-11(19-8)14-18-13(5,6)12(3,4)17/h7,14,17H,1-6H3,(H,15,16). The van der Waals surface area contributed by atoms with Crippen molar-refractivity contribution in [2.24, 2.45) is 0 Å². The molecule has 0 fully saturated rings. The van der Waals surface area contributed by atoms with Crippen LogP contribution in [0.5, 0.6) is 0 Å². The molecule has 0 unspecified atom stereocenters. The number of hydrogen-bond donors (Lipinski definition) is 2. The van der Waals surface area contributed by atoms with E-state index in [1.165, 1.54) is 6.92 Å². The molecule has 1 amide bonds. The predicted molar refractivity (Wildman–Crippen MR) is 81.6 cm³/mol. The Bertz CT molecular complexity index is 463. The van der Waals surface area contributed by atoms with Crippen LogP contribution in [0.15, 0.2) is 6.07 Å². The molecule has 1 heterocycles. The molecule has 0 saturated carbocycles. The molecule has 0 aromatic carbocycles. The largest absolute Gasteiger partial charge is 0.426 e. The molecule has 1 aromatic heterocycles. The van der Waals surface area contributed by atoms with Gasteiger partial charge in [0.05, 0.1) is 16.9 Å². The Morgan fingerprint density at radius 1 is 1.42 bits per heavy atom. The number of nitrogens with one attached hydrogen (secondary N) is 1. The first-order chi connectivity index (χ1) is 8.53. The quantitative estimate of drug-likeness (QED) is 0.806. The van der Waals surface area contributed by atoms with Gasteiger partial charge in [-0.3, -0.25) is 4.79 Å². The smallest absolute Gasteiger partial charge is 0.319 e. The highest BCUT2D eigenvalue weighted by Gasteiger charge is 2.35. The van der Waals surface area contributed by atoms with E-state index in [0.717, 1.165) is 15.3 Å². The second-order valence-electron chi connectivity index (χ2n) is 5.72. The summed E-state index contributed by atoms with van der Waals surface area (Å²) in [5.41, 5.74) is -0.726. The lowest BCUT2D eigenvalue weighted by atomic mass is 9.86. The number of aryl methyl sites for hydroxylation is 1. The predicted octanol–water partition coefficient (Wildman–Crippen LogP) is 1.56. The molecule has 4 nitrogen and oxygen atoms in total. The van der Waals surface area contributed by atoms with Gasteiger partial charge in [-0.2, -0.15) is 11.3 Å². The minimum Gasteiger partial charge on any atom is -0.426 e. The monoisotopic (exact) mass is 283 g/mol. The van der Waals surface area contributed by atoms with Crippen LogP contribution in [0.1, 0.15) is 39.5 Å². The van der Waals surface area contributed by atoms with Crippen LogP contribution in [0.3, 0.4) is 0 Å². The van der Waals surface area contributed by atoms with Crippen LogP contribution in [0.25, 0.3) is 0 Å². The molecule has 1 rings (SSSR count). The Morgan fingerprint density at radius 3 is 2.47 bits per heavy atom. The molecule has 2 N–H and O–H groups in total. The Balaban J connectivity index is 2.72. The molecular formula is C13H22BNO3S. The number of hydrogen-bond acceptors (Lipinski definition) is 4. The Labute approximate surface area is 119 Å². The van der Waals surface area contributed by atoms with Crippen LogP contribution in [-0.2, 0) is 9.45 Å². The summed E-state index contributed by atoms with van der Waals surface area (Å²) in [4.78, 5) is 12.1. The minimum absolute atomic E-state index is 0.0785. The first-order valence-electron chi connectivity index (χ1n) is 6.26. The highest BCUT2D eigenvalue weighted by molar-refractivity contribution is 7.21. The number of anilines is 1. The fraction of sp³-hybridized carbons (Fsp3) is 0.615. The van der Waals surface area contributed by atoms with Crippen molar-refractivity contribution in [2.75, 3.05) is 5.32 Å². The number of amides is 1. The zero-order chi connectivity index (χ0) is 14.8. The summed E-state index contributed by atoms with van der Waals surface area (Å²) >= 11 is 1.59. The summed E-state index contributed by atoms with van der Waals surface area (Å²) in [5.74, 6) is -0.0785. The summed E-state index contributed by atoms with van der Waals surface area (Å²) in [6.45, 7) is 10.6. The van der Waals surface area contributed by atoms with Crippen LogP contribution >= 0.6 is 11.3 Å². The summed E-state index contributed by atoms with van der Waals surface area (Å²) in [7, 11) is 0.419. The zero-order valence-electron chi connectivity index (χ0n) is 12.5. The number of aliphatic hydroxyl groups is 1. The molecule has 0 aliphatic carbocycles. The molecule has 6 heteroatoms. The topological polar surface area (TPSA) is 58.6 Å². The van der Waals surface area contributed by atoms with E-state index in [1.807, 2.05) is 26.8 Å². The van der Waals surface area contributed by atoms with Gasteiger partial charge >= 0.3 is 7.48 Å². The number of carbonyl (C=O) groups is 1. The van der Waals surface area contributed by atoms with Gasteiger partial charge in [-0.05, 0) is 40.7 Å². The van der Waals surface area contributed by atoms with Gasteiger partial charge < -0.3 is 15.1 Å². The molecule has 0 bridgehead atoms. The second kappa shape index (κ2) is 5.65. The first-order valence-corrected chi connectivity index (χ1v) is 7.08. The van der Waals surface area contributed by atoms with E-state index in [4.69, 9.17) is 4.65 Å². The third-order valence-corrected chi connectivity index (χ3v) is 4.35. The van der Waals surface area contributed by atoms with Gasteiger partial charge in [0, 0.05) is 16.6 Å². The van der Waals surface area contributed by atoms with E-state index in [-0.39, 0.29) is 5.91 Å². The lowest BCUT2D eigenvalue weighted by Gasteiger charge is -2.37. The normalized spacial score (nSPS) is 12.4. The maximum absolute atomic E-state index is 11.1. The third kappa shape index (κ3) is 4.33. The molecule has 0 saturated heterocycles. The molecule has 0 atom stereocenters. The van der Waals surface area contributed by atoms with Crippen LogP contribution in [0, 0.1) is 6.92 Å². The highest BCUT2D eigenvalue weighted by Crippen LogP contribution is 2.25. The summed E-state index contributed by atoms with van der Waals surface area (Å²) in [5, 5.41) is 12.8. The number of carbonyl (C=O) groups excluding carboxylic acids is 1. The van der Waals surface area contributed by atoms with E-state index in [9.17, 15) is 9.90 Å². The molecule has 0 aliphatic heterocycles. The molecule has 0 radical (unpaired) electrons. The number of rotatable bonds is 5. The van der Waals surface area contributed by atoms with E-state index >= 15 is 0 Å². The SMILES string of the molecule is CC(=O)Nc1cc(BOC(C)(C)C(C)(C)O)sc1C. The van der Waals surface area contributed by atoms with Crippen molar-refractivity contribution in [1.82, 2.24) is 0 Å². The van der Waals surface area contributed by atoms with Crippen molar-refractivity contribution in [2.45, 2.75) is 52.7 Å². The van der Waals surface area contributed by atoms with Crippen LogP contribution < -0.4 is 10.1 Å². The van der Waals surface area contributed by atoms with Gasteiger partial charge in [0.2, 0.25) is 5.91 Å². The van der Waals surface area contributed by atoms with Gasteiger partial charge in [0.1, 0.15) is 0 Å². The molecule has 0 spiro atoms. The van der Waals surface area contributed by atoms with Crippen molar-refractivity contribution in [1.29, 1.82) is 0 Å². The average Bonchev–Trinajstić information content (AvgIpc) is 2.54. The maximum Gasteiger partial charge on any atom is 0.319 e. The molecule has 106 valence electrons. The van der Waals surface area contributed by atoms with Crippen molar-refractivity contribution >= 4 is 35.2 Å². The zero-order valence-corrected chi connectivity index (χ0v) is 13.3. The van der Waals surface area contributed by atoms with Crippen molar-refractivity contribution in [3.8, 4) is 0 Å². The second-order valence-corrected chi connectivity index (χ2v) is 7.06. The summed E-state index contributed by atoms with van der Waals surface area (Å²) in [6.07, 6.45) is 0. The van der Waals surface area contributed by atoms with Crippen molar-refractivity contribution in [3.05, 3.63) is 10.9 Å². The molecule has 1 aromatic rings. The first kappa shape index (κ1) is 16.2.